The number of ether oxygens (including phenoxy) is 1. The van der Waals surface area contributed by atoms with Crippen LogP contribution in [-0.4, -0.2) is 23.8 Å². The molecule has 0 radical (unpaired) electrons. The van der Waals surface area contributed by atoms with Gasteiger partial charge in [0.25, 0.3) is 11.8 Å². The Hall–Kier alpha value is -3.60. The Kier molecular flexibility index (Phi) is 5.99. The minimum Gasteiger partial charge on any atom is -0.496 e. The van der Waals surface area contributed by atoms with Crippen LogP contribution in [-0.2, 0) is 11.3 Å². The number of hydrogen-bond donors (Lipinski definition) is 1. The van der Waals surface area contributed by atoms with Crippen LogP contribution in [0, 0.1) is 6.92 Å². The molecule has 0 aromatic heterocycles. The third kappa shape index (κ3) is 3.86. The maximum atomic E-state index is 13.7. The maximum absolute atomic E-state index is 13.7. The van der Waals surface area contributed by atoms with Gasteiger partial charge < -0.3 is 15.0 Å². The van der Waals surface area contributed by atoms with Crippen molar-refractivity contribution in [3.63, 3.8) is 0 Å². The summed E-state index contributed by atoms with van der Waals surface area (Å²) in [6.07, 6.45) is 0. The molecule has 32 heavy (non-hydrogen) atoms. The SMILES string of the molecule is COc1ccccc1CN1C(=O)c2ccccc2C1C(=O)Nc1c(C)cccc1C(C)C. The Balaban J connectivity index is 1.73. The molecular weight excluding hydrogens is 400 g/mol. The number of nitrogens with one attached hydrogen (secondary N) is 1. The lowest BCUT2D eigenvalue weighted by molar-refractivity contribution is -0.120. The highest BCUT2D eigenvalue weighted by molar-refractivity contribution is 6.08. The third-order valence-corrected chi connectivity index (χ3v) is 6.02. The van der Waals surface area contributed by atoms with Crippen molar-refractivity contribution >= 4 is 17.5 Å². The van der Waals surface area contributed by atoms with Gasteiger partial charge in [0.05, 0.1) is 13.7 Å². The molecule has 1 aliphatic rings. The van der Waals surface area contributed by atoms with Gasteiger partial charge in [0, 0.05) is 16.8 Å². The number of benzene rings is 3. The van der Waals surface area contributed by atoms with Gasteiger partial charge in [0.15, 0.2) is 0 Å². The highest BCUT2D eigenvalue weighted by atomic mass is 16.5. The van der Waals surface area contributed by atoms with Gasteiger partial charge in [-0.1, -0.05) is 68.4 Å². The Bertz CT molecular complexity index is 1170. The number of amides is 2. The van der Waals surface area contributed by atoms with Crippen molar-refractivity contribution in [1.29, 1.82) is 0 Å². The van der Waals surface area contributed by atoms with Gasteiger partial charge in [0.1, 0.15) is 11.8 Å². The molecule has 1 heterocycles. The number of fused-ring (bicyclic) bond motifs is 1. The van der Waals surface area contributed by atoms with E-state index in [1.807, 2.05) is 67.6 Å². The van der Waals surface area contributed by atoms with Gasteiger partial charge in [-0.2, -0.15) is 0 Å². The van der Waals surface area contributed by atoms with Gasteiger partial charge in [-0.05, 0) is 41.7 Å². The molecule has 1 atom stereocenters. The summed E-state index contributed by atoms with van der Waals surface area (Å²) in [7, 11) is 1.61. The first-order chi connectivity index (χ1) is 15.4. The highest BCUT2D eigenvalue weighted by Crippen LogP contribution is 2.37. The predicted octanol–water partition coefficient (Wildman–Crippen LogP) is 5.46. The Labute approximate surface area is 189 Å². The van der Waals surface area contributed by atoms with Crippen LogP contribution in [0.3, 0.4) is 0 Å². The summed E-state index contributed by atoms with van der Waals surface area (Å²) in [5.41, 5.74) is 5.04. The summed E-state index contributed by atoms with van der Waals surface area (Å²) < 4.78 is 5.48. The smallest absolute Gasteiger partial charge is 0.255 e. The average molecular weight is 429 g/mol. The normalized spacial score (nSPS) is 15.1. The van der Waals surface area contributed by atoms with Crippen molar-refractivity contribution in [3.8, 4) is 5.75 Å². The van der Waals surface area contributed by atoms with Crippen molar-refractivity contribution in [1.82, 2.24) is 4.90 Å². The largest absolute Gasteiger partial charge is 0.496 e. The highest BCUT2D eigenvalue weighted by Gasteiger charge is 2.41. The fourth-order valence-corrected chi connectivity index (χ4v) is 4.37. The number of carbonyl (C=O) groups excluding carboxylic acids is 2. The van der Waals surface area contributed by atoms with Gasteiger partial charge in [0.2, 0.25) is 0 Å². The molecule has 5 heteroatoms. The second-order valence-electron chi connectivity index (χ2n) is 8.42. The van der Waals surface area contributed by atoms with Crippen molar-refractivity contribution in [3.05, 3.63) is 94.5 Å². The monoisotopic (exact) mass is 428 g/mol. The van der Waals surface area contributed by atoms with Crippen molar-refractivity contribution in [2.45, 2.75) is 39.3 Å². The molecule has 164 valence electrons. The number of anilines is 1. The number of nitrogens with zero attached hydrogens (tertiary/aromatic N) is 1. The molecule has 0 aliphatic carbocycles. The van der Waals surface area contributed by atoms with E-state index >= 15 is 0 Å². The molecule has 1 aliphatic heterocycles. The van der Waals surface area contributed by atoms with E-state index in [1.165, 1.54) is 0 Å². The molecule has 5 nitrogen and oxygen atoms in total. The van der Waals surface area contributed by atoms with E-state index in [1.54, 1.807) is 18.1 Å². The summed E-state index contributed by atoms with van der Waals surface area (Å²) in [6.45, 7) is 6.47. The van der Waals surface area contributed by atoms with Crippen LogP contribution in [0.5, 0.6) is 5.75 Å². The molecule has 1 N–H and O–H groups in total. The molecule has 0 bridgehead atoms. The van der Waals surface area contributed by atoms with Crippen LogP contribution in [0.15, 0.2) is 66.7 Å². The fourth-order valence-electron chi connectivity index (χ4n) is 4.37. The lowest BCUT2D eigenvalue weighted by Gasteiger charge is -2.26. The van der Waals surface area contributed by atoms with Crippen LogP contribution >= 0.6 is 0 Å². The fraction of sp³-hybridized carbons (Fsp3) is 0.259. The van der Waals surface area contributed by atoms with E-state index in [0.717, 1.165) is 27.9 Å². The predicted molar refractivity (Wildman–Crippen MR) is 126 cm³/mol. The minimum atomic E-state index is -0.719. The number of methoxy groups -OCH3 is 1. The molecule has 1 unspecified atom stereocenters. The Morgan fingerprint density at radius 3 is 2.50 bits per heavy atom. The van der Waals surface area contributed by atoms with Crippen molar-refractivity contribution in [2.24, 2.45) is 0 Å². The molecule has 3 aromatic carbocycles. The van der Waals surface area contributed by atoms with E-state index in [9.17, 15) is 9.59 Å². The lowest BCUT2D eigenvalue weighted by atomic mass is 9.97. The van der Waals surface area contributed by atoms with E-state index in [0.29, 0.717) is 11.3 Å². The summed E-state index contributed by atoms with van der Waals surface area (Å²) >= 11 is 0. The van der Waals surface area contributed by atoms with Gasteiger partial charge in [-0.15, -0.1) is 0 Å². The molecule has 4 rings (SSSR count). The van der Waals surface area contributed by atoms with E-state index in [2.05, 4.69) is 19.2 Å². The van der Waals surface area contributed by atoms with Crippen molar-refractivity contribution < 1.29 is 14.3 Å². The molecule has 3 aromatic rings. The zero-order chi connectivity index (χ0) is 22.8. The molecular formula is C27H28N2O3. The number of rotatable bonds is 6. The lowest BCUT2D eigenvalue weighted by Crippen LogP contribution is -2.35. The zero-order valence-corrected chi connectivity index (χ0v) is 18.9. The second-order valence-corrected chi connectivity index (χ2v) is 8.42. The van der Waals surface area contributed by atoms with Gasteiger partial charge in [-0.3, -0.25) is 9.59 Å². The molecule has 0 fully saturated rings. The summed E-state index contributed by atoms with van der Waals surface area (Å²) in [5, 5.41) is 3.14. The first-order valence-corrected chi connectivity index (χ1v) is 10.8. The summed E-state index contributed by atoms with van der Waals surface area (Å²) in [4.78, 5) is 28.6. The number of para-hydroxylation sites is 2. The van der Waals surface area contributed by atoms with E-state index < -0.39 is 6.04 Å². The van der Waals surface area contributed by atoms with Crippen molar-refractivity contribution in [2.75, 3.05) is 12.4 Å². The minimum absolute atomic E-state index is 0.152. The molecule has 2 amide bonds. The van der Waals surface area contributed by atoms with Crippen LogP contribution in [0.2, 0.25) is 0 Å². The number of aryl methyl sites for hydroxylation is 1. The second kappa shape index (κ2) is 8.87. The van der Waals surface area contributed by atoms with Crippen LogP contribution in [0.1, 0.15) is 58.4 Å². The van der Waals surface area contributed by atoms with Crippen LogP contribution in [0.25, 0.3) is 0 Å². The quantitative estimate of drug-likeness (QED) is 0.567. The number of carbonyl (C=O) groups is 2. The Morgan fingerprint density at radius 2 is 1.75 bits per heavy atom. The topological polar surface area (TPSA) is 58.6 Å². The van der Waals surface area contributed by atoms with E-state index in [-0.39, 0.29) is 24.3 Å². The average Bonchev–Trinajstić information content (AvgIpc) is 3.07. The van der Waals surface area contributed by atoms with Gasteiger partial charge in [-0.25, -0.2) is 0 Å². The first kappa shape index (κ1) is 21.6. The maximum Gasteiger partial charge on any atom is 0.255 e. The van der Waals surface area contributed by atoms with E-state index in [4.69, 9.17) is 4.74 Å². The molecule has 0 spiro atoms. The summed E-state index contributed by atoms with van der Waals surface area (Å²) in [6, 6.07) is 20.2. The molecule has 0 saturated carbocycles. The van der Waals surface area contributed by atoms with Gasteiger partial charge >= 0.3 is 0 Å². The summed E-state index contributed by atoms with van der Waals surface area (Å²) in [5.74, 6) is 0.582. The first-order valence-electron chi connectivity index (χ1n) is 10.8. The van der Waals surface area contributed by atoms with Crippen LogP contribution < -0.4 is 10.1 Å². The van der Waals surface area contributed by atoms with Crippen LogP contribution in [0.4, 0.5) is 5.69 Å². The number of hydrogen-bond acceptors (Lipinski definition) is 3. The third-order valence-electron chi connectivity index (χ3n) is 6.02. The Morgan fingerprint density at radius 1 is 1.03 bits per heavy atom. The molecule has 0 saturated heterocycles. The standard InChI is InChI=1S/C27H28N2O3/c1-17(2)20-14-9-10-18(3)24(20)28-26(30)25-21-12-6-7-13-22(21)27(31)29(25)16-19-11-5-8-15-23(19)32-4/h5-15,17,25H,16H2,1-4H3,(H,28,30). The zero-order valence-electron chi connectivity index (χ0n) is 18.9.